The second-order valence-electron chi connectivity index (χ2n) is 4.22. The summed E-state index contributed by atoms with van der Waals surface area (Å²) in [7, 11) is 0. The molecule has 6 nitrogen and oxygen atoms in total. The fourth-order valence-corrected chi connectivity index (χ4v) is 2.30. The molecule has 1 saturated heterocycles. The van der Waals surface area contributed by atoms with Gasteiger partial charge in [0, 0.05) is 6.54 Å². The zero-order valence-corrected chi connectivity index (χ0v) is 10.9. The summed E-state index contributed by atoms with van der Waals surface area (Å²) in [5.74, 6) is 1.71. The van der Waals surface area contributed by atoms with Crippen LogP contribution in [0.1, 0.15) is 11.9 Å². The topological polar surface area (TPSA) is 77.4 Å². The van der Waals surface area contributed by atoms with Gasteiger partial charge in [-0.3, -0.25) is 0 Å². The predicted molar refractivity (Wildman–Crippen MR) is 71.1 cm³/mol. The summed E-state index contributed by atoms with van der Waals surface area (Å²) >= 11 is 6.14. The van der Waals surface area contributed by atoms with Crippen LogP contribution in [0.4, 0.5) is 11.6 Å². The van der Waals surface area contributed by atoms with Crippen LogP contribution in [0, 0.1) is 0 Å². The van der Waals surface area contributed by atoms with Crippen LogP contribution in [0.2, 0.25) is 5.02 Å². The van der Waals surface area contributed by atoms with Crippen LogP contribution in [-0.4, -0.2) is 29.7 Å². The Morgan fingerprint density at radius 2 is 2.32 bits per heavy atom. The number of hydrogen-bond donors (Lipinski definition) is 1. The summed E-state index contributed by atoms with van der Waals surface area (Å²) in [6, 6.07) is 3.73. The molecule has 100 valence electrons. The third-order valence-electron chi connectivity index (χ3n) is 3.02. The second kappa shape index (κ2) is 5.07. The maximum atomic E-state index is 6.14. The molecular weight excluding hydrogens is 268 g/mol. The van der Waals surface area contributed by atoms with Gasteiger partial charge in [0.1, 0.15) is 29.0 Å². The predicted octanol–water partition coefficient (Wildman–Crippen LogP) is 1.88. The monoisotopic (exact) mass is 280 g/mol. The normalized spacial score (nSPS) is 19.6. The lowest BCUT2D eigenvalue weighted by molar-refractivity contribution is 0.0255. The van der Waals surface area contributed by atoms with Crippen molar-refractivity contribution < 1.29 is 9.15 Å². The molecule has 19 heavy (non-hydrogen) atoms. The number of anilines is 2. The number of nitrogens with zero attached hydrogens (tertiary/aromatic N) is 3. The van der Waals surface area contributed by atoms with Gasteiger partial charge in [0.25, 0.3) is 0 Å². The Labute approximate surface area is 115 Å². The van der Waals surface area contributed by atoms with Crippen molar-refractivity contribution in [3.63, 3.8) is 0 Å². The Bertz CT molecular complexity index is 561. The van der Waals surface area contributed by atoms with E-state index in [0.717, 1.165) is 5.76 Å². The van der Waals surface area contributed by atoms with Gasteiger partial charge in [-0.2, -0.15) is 0 Å². The van der Waals surface area contributed by atoms with Crippen molar-refractivity contribution in [2.45, 2.75) is 6.10 Å². The number of furan rings is 1. The molecule has 1 atom stereocenters. The lowest BCUT2D eigenvalue weighted by Crippen LogP contribution is -2.39. The van der Waals surface area contributed by atoms with Crippen LogP contribution >= 0.6 is 11.6 Å². The van der Waals surface area contributed by atoms with Crippen molar-refractivity contribution in [3.05, 3.63) is 35.5 Å². The van der Waals surface area contributed by atoms with E-state index in [1.165, 1.54) is 6.33 Å². The van der Waals surface area contributed by atoms with E-state index in [-0.39, 0.29) is 11.9 Å². The molecule has 0 aromatic carbocycles. The van der Waals surface area contributed by atoms with Gasteiger partial charge in [-0.15, -0.1) is 0 Å². The van der Waals surface area contributed by atoms with Crippen molar-refractivity contribution in [1.29, 1.82) is 0 Å². The molecule has 1 aliphatic heterocycles. The SMILES string of the molecule is Nc1ncnc(N2CCOC(c3ccco3)C2)c1Cl. The van der Waals surface area contributed by atoms with E-state index in [2.05, 4.69) is 9.97 Å². The number of hydrogen-bond acceptors (Lipinski definition) is 6. The maximum absolute atomic E-state index is 6.14. The van der Waals surface area contributed by atoms with Crippen LogP contribution in [-0.2, 0) is 4.74 Å². The second-order valence-corrected chi connectivity index (χ2v) is 4.60. The lowest BCUT2D eigenvalue weighted by atomic mass is 10.2. The first-order valence-electron chi connectivity index (χ1n) is 5.91. The van der Waals surface area contributed by atoms with Gasteiger partial charge < -0.3 is 19.8 Å². The summed E-state index contributed by atoms with van der Waals surface area (Å²) in [6.07, 6.45) is 2.91. The van der Waals surface area contributed by atoms with Gasteiger partial charge in [0.05, 0.1) is 19.4 Å². The van der Waals surface area contributed by atoms with Crippen LogP contribution in [0.3, 0.4) is 0 Å². The number of nitrogen functional groups attached to an aromatic ring is 1. The Morgan fingerprint density at radius 1 is 1.42 bits per heavy atom. The number of rotatable bonds is 2. The third-order valence-corrected chi connectivity index (χ3v) is 3.39. The standard InChI is InChI=1S/C12H13ClN4O2/c13-10-11(14)15-7-16-12(10)17-3-5-19-9(6-17)8-2-1-4-18-8/h1-2,4,7,9H,3,5-6H2,(H2,14,15,16). The highest BCUT2D eigenvalue weighted by Crippen LogP contribution is 2.31. The summed E-state index contributed by atoms with van der Waals surface area (Å²) in [6.45, 7) is 1.89. The third kappa shape index (κ3) is 2.36. The van der Waals surface area contributed by atoms with E-state index in [0.29, 0.717) is 30.5 Å². The summed E-state index contributed by atoms with van der Waals surface area (Å²) in [4.78, 5) is 10.1. The zero-order valence-electron chi connectivity index (χ0n) is 10.1. The first-order valence-corrected chi connectivity index (χ1v) is 6.29. The summed E-state index contributed by atoms with van der Waals surface area (Å²) in [5.41, 5.74) is 5.70. The highest BCUT2D eigenvalue weighted by molar-refractivity contribution is 6.35. The smallest absolute Gasteiger partial charge is 0.153 e. The van der Waals surface area contributed by atoms with Crippen LogP contribution in [0.5, 0.6) is 0 Å². The minimum Gasteiger partial charge on any atom is -0.467 e. The highest BCUT2D eigenvalue weighted by atomic mass is 35.5. The molecule has 0 amide bonds. The summed E-state index contributed by atoms with van der Waals surface area (Å²) < 4.78 is 11.1. The van der Waals surface area contributed by atoms with Crippen LogP contribution in [0.25, 0.3) is 0 Å². The van der Waals surface area contributed by atoms with Crippen molar-refractivity contribution >= 4 is 23.2 Å². The van der Waals surface area contributed by atoms with Gasteiger partial charge in [-0.1, -0.05) is 11.6 Å². The van der Waals surface area contributed by atoms with E-state index < -0.39 is 0 Å². The molecule has 0 bridgehead atoms. The summed E-state index contributed by atoms with van der Waals surface area (Å²) in [5, 5.41) is 0.377. The van der Waals surface area contributed by atoms with E-state index in [1.54, 1.807) is 6.26 Å². The molecule has 1 unspecified atom stereocenters. The number of morpholine rings is 1. The van der Waals surface area contributed by atoms with Gasteiger partial charge in [0.2, 0.25) is 0 Å². The van der Waals surface area contributed by atoms with Crippen LogP contribution in [0.15, 0.2) is 29.1 Å². The molecular formula is C12H13ClN4O2. The molecule has 3 rings (SSSR count). The van der Waals surface area contributed by atoms with Crippen LogP contribution < -0.4 is 10.6 Å². The molecule has 7 heteroatoms. The Kier molecular flexibility index (Phi) is 3.27. The Hall–Kier alpha value is -1.79. The minimum absolute atomic E-state index is 0.129. The minimum atomic E-state index is -0.129. The Balaban J connectivity index is 1.84. The molecule has 3 heterocycles. The number of nitrogens with two attached hydrogens (primary N) is 1. The van der Waals surface area contributed by atoms with E-state index in [9.17, 15) is 0 Å². The first kappa shape index (κ1) is 12.3. The van der Waals surface area contributed by atoms with Gasteiger partial charge in [-0.25, -0.2) is 9.97 Å². The van der Waals surface area contributed by atoms with Gasteiger partial charge >= 0.3 is 0 Å². The molecule has 0 spiro atoms. The fraction of sp³-hybridized carbons (Fsp3) is 0.333. The number of halogens is 1. The van der Waals surface area contributed by atoms with E-state index in [1.807, 2.05) is 17.0 Å². The van der Waals surface area contributed by atoms with E-state index >= 15 is 0 Å². The zero-order chi connectivity index (χ0) is 13.2. The molecule has 2 aromatic rings. The van der Waals surface area contributed by atoms with Crippen molar-refractivity contribution in [1.82, 2.24) is 9.97 Å². The molecule has 1 aliphatic rings. The first-order chi connectivity index (χ1) is 9.25. The van der Waals surface area contributed by atoms with E-state index in [4.69, 9.17) is 26.5 Å². The average molecular weight is 281 g/mol. The lowest BCUT2D eigenvalue weighted by Gasteiger charge is -2.33. The highest BCUT2D eigenvalue weighted by Gasteiger charge is 2.26. The fourth-order valence-electron chi connectivity index (χ4n) is 2.08. The molecule has 0 aliphatic carbocycles. The van der Waals surface area contributed by atoms with Crippen molar-refractivity contribution in [2.75, 3.05) is 30.3 Å². The van der Waals surface area contributed by atoms with Gasteiger partial charge in [-0.05, 0) is 12.1 Å². The maximum Gasteiger partial charge on any atom is 0.153 e. The largest absolute Gasteiger partial charge is 0.467 e. The molecule has 2 aromatic heterocycles. The van der Waals surface area contributed by atoms with Crippen molar-refractivity contribution in [2.24, 2.45) is 0 Å². The Morgan fingerprint density at radius 3 is 3.11 bits per heavy atom. The molecule has 0 saturated carbocycles. The molecule has 0 radical (unpaired) electrons. The van der Waals surface area contributed by atoms with Crippen molar-refractivity contribution in [3.8, 4) is 0 Å². The quantitative estimate of drug-likeness (QED) is 0.905. The number of ether oxygens (including phenoxy) is 1. The molecule has 2 N–H and O–H groups in total. The van der Waals surface area contributed by atoms with Gasteiger partial charge in [0.15, 0.2) is 5.82 Å². The number of aromatic nitrogens is 2. The average Bonchev–Trinajstić information content (AvgIpc) is 2.96. The molecule has 1 fully saturated rings.